The summed E-state index contributed by atoms with van der Waals surface area (Å²) in [7, 11) is 1.33. The van der Waals surface area contributed by atoms with E-state index in [1.807, 2.05) is 74.9 Å². The first kappa shape index (κ1) is 38.4. The van der Waals surface area contributed by atoms with Crippen molar-refractivity contribution in [3.63, 3.8) is 0 Å². The Kier molecular flexibility index (Phi) is 17.2. The molecule has 0 spiro atoms. The predicted molar refractivity (Wildman–Crippen MR) is 192 cm³/mol. The van der Waals surface area contributed by atoms with Gasteiger partial charge in [-0.1, -0.05) is 96.6 Å². The van der Waals surface area contributed by atoms with Gasteiger partial charge in [-0.15, -0.1) is 11.3 Å². The number of benzene rings is 2. The zero-order valence-electron chi connectivity index (χ0n) is 29.4. The molecule has 47 heavy (non-hydrogen) atoms. The number of unbranched alkanes of at least 4 members (excludes halogenated alkanes) is 2. The van der Waals surface area contributed by atoms with Gasteiger partial charge in [0.25, 0.3) is 5.91 Å². The van der Waals surface area contributed by atoms with Crippen molar-refractivity contribution in [2.45, 2.75) is 111 Å². The normalized spacial score (nSPS) is 14.4. The summed E-state index contributed by atoms with van der Waals surface area (Å²) < 4.78 is 17.3. The van der Waals surface area contributed by atoms with Gasteiger partial charge in [0.1, 0.15) is 0 Å². The van der Waals surface area contributed by atoms with Crippen molar-refractivity contribution in [2.75, 3.05) is 20.3 Å². The maximum atomic E-state index is 13.7. The van der Waals surface area contributed by atoms with Crippen molar-refractivity contribution in [1.29, 1.82) is 0 Å². The molecule has 3 atom stereocenters. The molecule has 1 fully saturated rings. The molecule has 2 aromatic carbocycles. The predicted octanol–water partition coefficient (Wildman–Crippen LogP) is 9.49. The van der Waals surface area contributed by atoms with Crippen LogP contribution in [0.5, 0.6) is 0 Å². The Bertz CT molecular complexity index is 1340. The van der Waals surface area contributed by atoms with Crippen LogP contribution >= 0.6 is 11.3 Å². The van der Waals surface area contributed by atoms with E-state index in [1.54, 1.807) is 11.3 Å². The summed E-state index contributed by atoms with van der Waals surface area (Å²) in [5, 5.41) is 2.88. The van der Waals surface area contributed by atoms with Gasteiger partial charge in [0, 0.05) is 18.4 Å². The van der Waals surface area contributed by atoms with Crippen LogP contribution < -0.4 is 5.32 Å². The molecule has 1 aromatic heterocycles. The Morgan fingerprint density at radius 3 is 2.51 bits per heavy atom. The number of aromatic nitrogens is 1. The third kappa shape index (κ3) is 12.8. The smallest absolute Gasteiger partial charge is 0.330 e. The number of carbonyl (C=O) groups excluding carboxylic acids is 2. The van der Waals surface area contributed by atoms with Crippen LogP contribution in [0.3, 0.4) is 0 Å². The number of ether oxygens (including phenoxy) is 3. The lowest BCUT2D eigenvalue weighted by atomic mass is 9.93. The van der Waals surface area contributed by atoms with Gasteiger partial charge in [0.05, 0.1) is 36.8 Å². The van der Waals surface area contributed by atoms with Crippen LogP contribution in [0.15, 0.2) is 54.2 Å². The van der Waals surface area contributed by atoms with E-state index in [0.29, 0.717) is 24.7 Å². The van der Waals surface area contributed by atoms with Crippen LogP contribution in [0.25, 0.3) is 11.1 Å². The molecule has 258 valence electrons. The molecular weight excluding hydrogens is 609 g/mol. The summed E-state index contributed by atoms with van der Waals surface area (Å²) in [5.41, 5.74) is 6.13. The highest BCUT2D eigenvalue weighted by molar-refractivity contribution is 7.09. The number of amides is 1. The van der Waals surface area contributed by atoms with Gasteiger partial charge in [-0.05, 0) is 72.4 Å². The first-order chi connectivity index (χ1) is 22.9. The van der Waals surface area contributed by atoms with Crippen molar-refractivity contribution in [3.8, 4) is 11.1 Å². The molecule has 1 aliphatic carbocycles. The van der Waals surface area contributed by atoms with Crippen LogP contribution in [0.2, 0.25) is 0 Å². The number of nitrogens with zero attached hydrogens (tertiary/aromatic N) is 1. The van der Waals surface area contributed by atoms with Crippen molar-refractivity contribution < 1.29 is 23.8 Å². The van der Waals surface area contributed by atoms with Crippen molar-refractivity contribution in [3.05, 3.63) is 75.7 Å². The number of rotatable bonds is 20. The molecule has 1 amide bonds. The number of hydrogen-bond donors (Lipinski definition) is 1. The second-order valence-corrected chi connectivity index (χ2v) is 13.4. The third-order valence-corrected chi connectivity index (χ3v) is 9.52. The van der Waals surface area contributed by atoms with E-state index >= 15 is 0 Å². The van der Waals surface area contributed by atoms with Crippen molar-refractivity contribution in [2.24, 2.45) is 11.8 Å². The topological polar surface area (TPSA) is 86.8 Å². The zero-order chi connectivity index (χ0) is 34.0. The van der Waals surface area contributed by atoms with E-state index in [1.165, 1.54) is 45.6 Å². The fraction of sp³-hybridized carbons (Fsp3) is 0.564. The summed E-state index contributed by atoms with van der Waals surface area (Å²) >= 11 is 1.63. The molecule has 0 saturated heterocycles. The molecule has 1 saturated carbocycles. The minimum absolute atomic E-state index is 0.0308. The summed E-state index contributed by atoms with van der Waals surface area (Å²) in [5.74, 6) is 0.512. The fourth-order valence-electron chi connectivity index (χ4n) is 5.59. The maximum Gasteiger partial charge on any atom is 0.330 e. The number of hydrogen-bond acceptors (Lipinski definition) is 7. The van der Waals surface area contributed by atoms with E-state index < -0.39 is 12.0 Å². The summed E-state index contributed by atoms with van der Waals surface area (Å²) in [6.45, 7) is 11.7. The van der Waals surface area contributed by atoms with Gasteiger partial charge < -0.3 is 19.5 Å². The highest BCUT2D eigenvalue weighted by Gasteiger charge is 2.26. The second kappa shape index (κ2) is 21.0. The Labute approximate surface area is 286 Å². The molecular formula is C39H56N2O5S. The molecule has 1 N–H and O–H groups in total. The van der Waals surface area contributed by atoms with Gasteiger partial charge in [0.15, 0.2) is 6.04 Å². The lowest BCUT2D eigenvalue weighted by molar-refractivity contribution is -0.144. The lowest BCUT2D eigenvalue weighted by Crippen LogP contribution is -2.45. The molecule has 8 heteroatoms. The number of carbonyl (C=O) groups is 2. The SMILES string of the molecule is CC.CCCCCC(C)CCC(OCc1ccc(C(=O)N[C@@H](COCCC2CC2)C(=O)OC)c(-c2ccccc2C)c1)c1cncs1. The highest BCUT2D eigenvalue weighted by atomic mass is 32.1. The third-order valence-electron chi connectivity index (χ3n) is 8.65. The molecule has 3 aromatic rings. The number of esters is 1. The minimum Gasteiger partial charge on any atom is -0.467 e. The van der Waals surface area contributed by atoms with Crippen LogP contribution in [-0.4, -0.2) is 43.2 Å². The second-order valence-electron chi connectivity index (χ2n) is 12.4. The molecule has 7 nitrogen and oxygen atoms in total. The number of aryl methyl sites for hydroxylation is 1. The Morgan fingerprint density at radius 2 is 1.83 bits per heavy atom. The summed E-state index contributed by atoms with van der Waals surface area (Å²) in [6, 6.07) is 12.9. The minimum atomic E-state index is -0.890. The molecule has 1 aliphatic rings. The first-order valence-corrected chi connectivity index (χ1v) is 18.4. The molecule has 0 aliphatic heterocycles. The zero-order valence-corrected chi connectivity index (χ0v) is 30.2. The Morgan fingerprint density at radius 1 is 1.04 bits per heavy atom. The summed E-state index contributed by atoms with van der Waals surface area (Å²) in [4.78, 5) is 31.7. The standard InChI is InChI=1S/C37H50N2O5S.C2H6/c1-5-6-7-10-26(2)13-18-34(35-22-38-25-45-35)44-23-29-16-17-31(32(21-29)30-12-9-8-11-27(30)3)36(40)39-33(37(41)42-4)24-43-20-19-28-14-15-28;1-2/h8-9,11-12,16-17,21-22,25-26,28,33-34H,5-7,10,13-15,18-20,23-24H2,1-4H3,(H,39,40);1-2H3/t26?,33-,34?;/m0./s1. The molecule has 2 unspecified atom stereocenters. The van der Waals surface area contributed by atoms with Crippen molar-refractivity contribution in [1.82, 2.24) is 10.3 Å². The van der Waals surface area contributed by atoms with E-state index in [9.17, 15) is 9.59 Å². The van der Waals surface area contributed by atoms with Gasteiger partial charge in [0.2, 0.25) is 0 Å². The molecule has 0 bridgehead atoms. The fourth-order valence-corrected chi connectivity index (χ4v) is 6.30. The van der Waals surface area contributed by atoms with Gasteiger partial charge >= 0.3 is 5.97 Å². The Hall–Kier alpha value is -3.07. The van der Waals surface area contributed by atoms with E-state index in [0.717, 1.165) is 52.3 Å². The largest absolute Gasteiger partial charge is 0.467 e. The average molecular weight is 665 g/mol. The van der Waals surface area contributed by atoms with Crippen LogP contribution in [-0.2, 0) is 25.6 Å². The molecule has 4 rings (SSSR count). The lowest BCUT2D eigenvalue weighted by Gasteiger charge is -2.21. The maximum absolute atomic E-state index is 13.7. The monoisotopic (exact) mass is 664 g/mol. The van der Waals surface area contributed by atoms with Crippen LogP contribution in [0, 0.1) is 18.8 Å². The quantitative estimate of drug-likeness (QED) is 0.0957. The first-order valence-electron chi connectivity index (χ1n) is 17.5. The van der Waals surface area contributed by atoms with Crippen LogP contribution in [0.1, 0.15) is 118 Å². The van der Waals surface area contributed by atoms with Gasteiger partial charge in [-0.3, -0.25) is 9.78 Å². The van der Waals surface area contributed by atoms with E-state index in [4.69, 9.17) is 14.2 Å². The van der Waals surface area contributed by atoms with Gasteiger partial charge in [-0.2, -0.15) is 0 Å². The van der Waals surface area contributed by atoms with Crippen molar-refractivity contribution >= 4 is 23.2 Å². The van der Waals surface area contributed by atoms with Gasteiger partial charge in [-0.25, -0.2) is 4.79 Å². The van der Waals surface area contributed by atoms with E-state index in [-0.39, 0.29) is 18.6 Å². The number of thiazole rings is 1. The Balaban J connectivity index is 0.00000294. The number of methoxy groups -OCH3 is 1. The highest BCUT2D eigenvalue weighted by Crippen LogP contribution is 2.33. The number of nitrogens with one attached hydrogen (secondary N) is 1. The van der Waals surface area contributed by atoms with E-state index in [2.05, 4.69) is 24.1 Å². The van der Waals surface area contributed by atoms with Crippen LogP contribution in [0.4, 0.5) is 0 Å². The average Bonchev–Trinajstić information content (AvgIpc) is 3.76. The summed E-state index contributed by atoms with van der Waals surface area (Å²) in [6.07, 6.45) is 12.4. The molecule has 1 heterocycles. The molecule has 0 radical (unpaired) electrons.